The molecule has 2 aliphatic rings. The molecule has 33 heavy (non-hydrogen) atoms. The molecule has 0 spiro atoms. The summed E-state index contributed by atoms with van der Waals surface area (Å²) in [7, 11) is 1.66. The summed E-state index contributed by atoms with van der Waals surface area (Å²) in [6.07, 6.45) is 0.757. The molecule has 0 aliphatic carbocycles. The van der Waals surface area contributed by atoms with Crippen LogP contribution in [0.15, 0.2) is 54.2 Å². The van der Waals surface area contributed by atoms with E-state index in [-0.39, 0.29) is 12.2 Å². The number of rotatable bonds is 7. The second-order valence-electron chi connectivity index (χ2n) is 8.07. The zero-order valence-electron chi connectivity index (χ0n) is 18.4. The van der Waals surface area contributed by atoms with E-state index in [0.29, 0.717) is 11.6 Å². The molecule has 8 nitrogen and oxygen atoms in total. The van der Waals surface area contributed by atoms with E-state index in [9.17, 15) is 14.7 Å². The van der Waals surface area contributed by atoms with Crippen LogP contribution in [-0.4, -0.2) is 79.3 Å². The van der Waals surface area contributed by atoms with Gasteiger partial charge in [0.25, 0.3) is 5.91 Å². The Labute approximate surface area is 198 Å². The number of urea groups is 1. The maximum atomic E-state index is 12.7. The third-order valence-corrected chi connectivity index (χ3v) is 6.06. The Morgan fingerprint density at radius 2 is 1.76 bits per heavy atom. The van der Waals surface area contributed by atoms with E-state index < -0.39 is 18.0 Å². The monoisotopic (exact) mass is 470 g/mol. The fourth-order valence-corrected chi connectivity index (χ4v) is 4.22. The van der Waals surface area contributed by atoms with Crippen LogP contribution in [0.1, 0.15) is 5.56 Å². The van der Waals surface area contributed by atoms with Crippen molar-refractivity contribution in [3.63, 3.8) is 0 Å². The number of carbonyl (C=O) groups excluding carboxylic acids is 2. The van der Waals surface area contributed by atoms with Gasteiger partial charge >= 0.3 is 6.03 Å². The van der Waals surface area contributed by atoms with Gasteiger partial charge in [0.2, 0.25) is 0 Å². The number of piperazine rings is 1. The van der Waals surface area contributed by atoms with Crippen LogP contribution in [0.3, 0.4) is 0 Å². The van der Waals surface area contributed by atoms with Crippen LogP contribution < -0.4 is 15.0 Å². The SMILES string of the molecule is COc1ccccc1N1CCN(CC(O)CN2C(=O)NC(=Cc3ccc(Cl)cc3)C2=O)CC1. The van der Waals surface area contributed by atoms with Crippen LogP contribution in [0.4, 0.5) is 10.5 Å². The number of halogens is 1. The predicted octanol–water partition coefficient (Wildman–Crippen LogP) is 2.42. The number of nitrogens with one attached hydrogen (secondary N) is 1. The molecule has 0 bridgehead atoms. The maximum absolute atomic E-state index is 12.7. The van der Waals surface area contributed by atoms with Gasteiger partial charge in [-0.2, -0.15) is 0 Å². The lowest BCUT2D eigenvalue weighted by Crippen LogP contribution is -2.50. The number of anilines is 1. The van der Waals surface area contributed by atoms with Crippen LogP contribution in [-0.2, 0) is 4.79 Å². The van der Waals surface area contributed by atoms with Gasteiger partial charge in [0.05, 0.1) is 25.4 Å². The van der Waals surface area contributed by atoms with Crippen molar-refractivity contribution in [1.82, 2.24) is 15.1 Å². The van der Waals surface area contributed by atoms with E-state index >= 15 is 0 Å². The van der Waals surface area contributed by atoms with Gasteiger partial charge in [0, 0.05) is 37.7 Å². The molecule has 2 heterocycles. The lowest BCUT2D eigenvalue weighted by Gasteiger charge is -2.37. The molecular formula is C24H27ClN4O4. The van der Waals surface area contributed by atoms with Gasteiger partial charge in [0.15, 0.2) is 0 Å². The van der Waals surface area contributed by atoms with Crippen molar-refractivity contribution < 1.29 is 19.4 Å². The molecule has 1 unspecified atom stereocenters. The molecule has 0 aromatic heterocycles. The summed E-state index contributed by atoms with van der Waals surface area (Å²) in [4.78, 5) is 30.4. The highest BCUT2D eigenvalue weighted by Gasteiger charge is 2.35. The van der Waals surface area contributed by atoms with Gasteiger partial charge < -0.3 is 20.1 Å². The first-order valence-corrected chi connectivity index (χ1v) is 11.2. The first-order valence-electron chi connectivity index (χ1n) is 10.8. The number of β-amino-alcohol motifs (C(OH)–C–C–N with tert-alkyl or cyclic N) is 1. The number of imide groups is 1. The number of hydrogen-bond donors (Lipinski definition) is 2. The minimum Gasteiger partial charge on any atom is -0.495 e. The molecule has 2 aromatic carbocycles. The van der Waals surface area contributed by atoms with Crippen LogP contribution in [0, 0.1) is 0 Å². The van der Waals surface area contributed by atoms with Crippen molar-refractivity contribution in [3.05, 3.63) is 64.8 Å². The summed E-state index contributed by atoms with van der Waals surface area (Å²) in [5.74, 6) is 0.391. The third kappa shape index (κ3) is 5.47. The summed E-state index contributed by atoms with van der Waals surface area (Å²) < 4.78 is 5.45. The van der Waals surface area contributed by atoms with Gasteiger partial charge in [-0.15, -0.1) is 0 Å². The average molecular weight is 471 g/mol. The van der Waals surface area contributed by atoms with Gasteiger partial charge in [-0.25, -0.2) is 4.79 Å². The Balaban J connectivity index is 1.30. The van der Waals surface area contributed by atoms with Crippen molar-refractivity contribution >= 4 is 35.3 Å². The molecule has 3 amide bonds. The van der Waals surface area contributed by atoms with Crippen molar-refractivity contribution in [2.24, 2.45) is 0 Å². The first-order chi connectivity index (χ1) is 15.9. The number of carbonyl (C=O) groups is 2. The third-order valence-electron chi connectivity index (χ3n) is 5.80. The first kappa shape index (κ1) is 23.1. The van der Waals surface area contributed by atoms with Crippen LogP contribution >= 0.6 is 11.6 Å². The number of nitrogens with zero attached hydrogens (tertiary/aromatic N) is 3. The highest BCUT2D eigenvalue weighted by Crippen LogP contribution is 2.28. The van der Waals surface area contributed by atoms with E-state index in [1.165, 1.54) is 0 Å². The molecule has 4 rings (SSSR count). The Morgan fingerprint density at radius 1 is 1.06 bits per heavy atom. The second-order valence-corrected chi connectivity index (χ2v) is 8.51. The van der Waals surface area contributed by atoms with Gasteiger partial charge in [0.1, 0.15) is 11.4 Å². The number of para-hydroxylation sites is 2. The molecule has 174 valence electrons. The van der Waals surface area contributed by atoms with Crippen molar-refractivity contribution in [2.45, 2.75) is 6.10 Å². The summed E-state index contributed by atoms with van der Waals surface area (Å²) in [6, 6.07) is 14.3. The van der Waals surface area contributed by atoms with Crippen LogP contribution in [0.5, 0.6) is 5.75 Å². The zero-order valence-corrected chi connectivity index (χ0v) is 19.2. The topological polar surface area (TPSA) is 85.3 Å². The number of ether oxygens (including phenoxy) is 1. The van der Waals surface area contributed by atoms with Gasteiger partial charge in [-0.05, 0) is 35.9 Å². The summed E-state index contributed by atoms with van der Waals surface area (Å²) in [5, 5.41) is 13.8. The smallest absolute Gasteiger partial charge is 0.329 e. The van der Waals surface area contributed by atoms with Gasteiger partial charge in [-0.1, -0.05) is 35.9 Å². The van der Waals surface area contributed by atoms with Gasteiger partial charge in [-0.3, -0.25) is 14.6 Å². The van der Waals surface area contributed by atoms with E-state index in [2.05, 4.69) is 15.1 Å². The van der Waals surface area contributed by atoms with E-state index in [1.54, 1.807) is 37.5 Å². The summed E-state index contributed by atoms with van der Waals surface area (Å²) >= 11 is 5.89. The predicted molar refractivity (Wildman–Crippen MR) is 127 cm³/mol. The average Bonchev–Trinajstić information content (AvgIpc) is 3.08. The number of hydrogen-bond acceptors (Lipinski definition) is 6. The Hall–Kier alpha value is -3.07. The Bertz CT molecular complexity index is 1040. The highest BCUT2D eigenvalue weighted by molar-refractivity contribution is 6.30. The standard InChI is InChI=1S/C24H27ClN4O4/c1-33-22-5-3-2-4-21(22)28-12-10-27(11-13-28)15-19(30)16-29-23(31)20(26-24(29)32)14-17-6-8-18(25)9-7-17/h2-9,14,19,30H,10-13,15-16H2,1H3,(H,26,32). The van der Waals surface area contributed by atoms with Crippen LogP contribution in [0.25, 0.3) is 6.08 Å². The molecule has 1 atom stereocenters. The van der Waals surface area contributed by atoms with Crippen molar-refractivity contribution in [3.8, 4) is 5.75 Å². The molecule has 2 N–H and O–H groups in total. The maximum Gasteiger partial charge on any atom is 0.329 e. The highest BCUT2D eigenvalue weighted by atomic mass is 35.5. The molecule has 9 heteroatoms. The van der Waals surface area contributed by atoms with Crippen LogP contribution in [0.2, 0.25) is 5.02 Å². The summed E-state index contributed by atoms with van der Waals surface area (Å²) in [6.45, 7) is 3.44. The summed E-state index contributed by atoms with van der Waals surface area (Å²) in [5.41, 5.74) is 1.98. The van der Waals surface area contributed by atoms with Crippen molar-refractivity contribution in [1.29, 1.82) is 0 Å². The molecule has 2 aliphatic heterocycles. The zero-order chi connectivity index (χ0) is 23.4. The second kappa shape index (κ2) is 10.2. The van der Waals surface area contributed by atoms with E-state index in [4.69, 9.17) is 16.3 Å². The molecule has 0 saturated carbocycles. The molecule has 0 radical (unpaired) electrons. The lowest BCUT2D eigenvalue weighted by molar-refractivity contribution is -0.124. The van der Waals surface area contributed by atoms with Crippen molar-refractivity contribution in [2.75, 3.05) is 51.3 Å². The normalized spacial score (nSPS) is 19.2. The number of methoxy groups -OCH3 is 1. The minimum atomic E-state index is -0.840. The Morgan fingerprint density at radius 3 is 2.45 bits per heavy atom. The largest absolute Gasteiger partial charge is 0.495 e. The number of benzene rings is 2. The molecule has 2 fully saturated rings. The number of aliphatic hydroxyl groups is 1. The van der Waals surface area contributed by atoms with E-state index in [0.717, 1.165) is 48.1 Å². The Kier molecular flexibility index (Phi) is 7.17. The number of amides is 3. The fraction of sp³-hybridized carbons (Fsp3) is 0.333. The number of aliphatic hydroxyl groups excluding tert-OH is 1. The lowest BCUT2D eigenvalue weighted by atomic mass is 10.2. The molecular weight excluding hydrogens is 444 g/mol. The fourth-order valence-electron chi connectivity index (χ4n) is 4.09. The molecule has 2 aromatic rings. The molecule has 2 saturated heterocycles. The quantitative estimate of drug-likeness (QED) is 0.477. The minimum absolute atomic E-state index is 0.0602. The van der Waals surface area contributed by atoms with E-state index in [1.807, 2.05) is 24.3 Å².